The number of sulfonamides is 1. The topological polar surface area (TPSA) is 207 Å². The highest BCUT2D eigenvalue weighted by Crippen LogP contribution is 2.47. The van der Waals surface area contributed by atoms with E-state index in [-0.39, 0.29) is 43.7 Å². The zero-order chi connectivity index (χ0) is 48.1. The molecule has 0 bridgehead atoms. The summed E-state index contributed by atoms with van der Waals surface area (Å²) in [5, 5.41) is 14.0. The number of benzene rings is 1. The van der Waals surface area contributed by atoms with Crippen LogP contribution in [0.15, 0.2) is 54.7 Å². The summed E-state index contributed by atoms with van der Waals surface area (Å²) >= 11 is 0. The Morgan fingerprint density at radius 2 is 1.74 bits per heavy atom. The maximum absolute atomic E-state index is 15.5. The van der Waals surface area contributed by atoms with Crippen LogP contribution in [0.1, 0.15) is 93.4 Å². The number of allylic oxidation sites excluding steroid dienone is 1. The number of aromatic nitrogens is 2. The van der Waals surface area contributed by atoms with Crippen molar-refractivity contribution >= 4 is 44.6 Å². The van der Waals surface area contributed by atoms with E-state index in [1.807, 2.05) is 26.8 Å². The molecule has 3 fully saturated rings. The first-order chi connectivity index (χ1) is 30.9. The van der Waals surface area contributed by atoms with Crippen LogP contribution in [-0.2, 0) is 24.4 Å². The number of nitrogens with one attached hydrogen (secondary N) is 2. The standard InChI is InChI=1S/C47H60F2N6O10S/c1-26(2)64-32-14-18-36(50-24-32)37-21-29-20-31(63-8)13-17-35(29)41(51-37)65-33-22-38-40(56)52-47(43(58)53-66(61,62)34-15-16-34)23-30(47)12-10-9-11-27(3)19-28(4)39(42(57)54(38)25-33)55(44(59)60)45(5,6)46(7,48)49/h10,12-14,17-18,20-21,24,26-28,30,33-34,38-39H,9,11,15-16,19,22-23,25H2,1-8H3,(H,52,56)(H,53,58)(H,59,60)/t27-,28-,30-,33-,38+,39+,47-/m1/s1. The summed E-state index contributed by atoms with van der Waals surface area (Å²) in [6, 6.07) is 7.43. The number of hydrogen-bond acceptors (Lipinski definition) is 11. The first-order valence-corrected chi connectivity index (χ1v) is 24.0. The number of halogens is 2. The Bertz CT molecular complexity index is 2500. The number of amides is 4. The second-order valence-electron chi connectivity index (χ2n) is 19.2. The quantitative estimate of drug-likeness (QED) is 0.162. The first kappa shape index (κ1) is 48.3. The lowest BCUT2D eigenvalue weighted by atomic mass is 9.84. The molecule has 66 heavy (non-hydrogen) atoms. The fraction of sp³-hybridized carbons (Fsp3) is 0.574. The van der Waals surface area contributed by atoms with E-state index in [1.54, 1.807) is 55.6 Å². The van der Waals surface area contributed by atoms with Crippen LogP contribution in [-0.4, -0.2) is 117 Å². The zero-order valence-electron chi connectivity index (χ0n) is 38.5. The molecule has 16 nitrogen and oxygen atoms in total. The highest BCUT2D eigenvalue weighted by molar-refractivity contribution is 7.91. The predicted molar refractivity (Wildman–Crippen MR) is 241 cm³/mol. The van der Waals surface area contributed by atoms with Gasteiger partial charge in [0.15, 0.2) is 0 Å². The van der Waals surface area contributed by atoms with Crippen LogP contribution < -0.4 is 24.2 Å². The van der Waals surface area contributed by atoms with Gasteiger partial charge < -0.3 is 29.5 Å². The van der Waals surface area contributed by atoms with E-state index >= 15 is 13.6 Å². The summed E-state index contributed by atoms with van der Waals surface area (Å²) < 4.78 is 77.3. The van der Waals surface area contributed by atoms with Gasteiger partial charge in [0, 0.05) is 24.6 Å². The van der Waals surface area contributed by atoms with E-state index in [4.69, 9.17) is 19.2 Å². The Morgan fingerprint density at radius 3 is 2.36 bits per heavy atom. The number of rotatable bonds is 12. The van der Waals surface area contributed by atoms with Gasteiger partial charge >= 0.3 is 6.09 Å². The largest absolute Gasteiger partial charge is 0.497 e. The van der Waals surface area contributed by atoms with Gasteiger partial charge in [-0.1, -0.05) is 26.0 Å². The van der Waals surface area contributed by atoms with Crippen molar-refractivity contribution < 1.29 is 55.7 Å². The molecular weight excluding hydrogens is 879 g/mol. The highest BCUT2D eigenvalue weighted by atomic mass is 32.2. The van der Waals surface area contributed by atoms with Gasteiger partial charge in [0.2, 0.25) is 27.7 Å². The third-order valence-corrected chi connectivity index (χ3v) is 15.2. The summed E-state index contributed by atoms with van der Waals surface area (Å²) in [5.41, 5.74) is -3.20. The number of methoxy groups -OCH3 is 1. The van der Waals surface area contributed by atoms with Gasteiger partial charge in [-0.2, -0.15) is 0 Å². The molecule has 7 atom stereocenters. The van der Waals surface area contributed by atoms with Crippen molar-refractivity contribution in [1.82, 2.24) is 29.8 Å². The Hall–Kier alpha value is -5.59. The molecule has 2 aliphatic carbocycles. The number of fused-ring (bicyclic) bond motifs is 3. The highest BCUT2D eigenvalue weighted by Gasteiger charge is 2.63. The van der Waals surface area contributed by atoms with Gasteiger partial charge in [-0.15, -0.1) is 0 Å². The molecule has 2 aliphatic heterocycles. The maximum atomic E-state index is 15.5. The maximum Gasteiger partial charge on any atom is 0.408 e. The molecule has 7 rings (SSSR count). The number of ether oxygens (including phenoxy) is 3. The fourth-order valence-electron chi connectivity index (χ4n) is 9.14. The molecule has 0 spiro atoms. The summed E-state index contributed by atoms with van der Waals surface area (Å²) in [5.74, 6) is -6.56. The van der Waals surface area contributed by atoms with Crippen molar-refractivity contribution in [3.63, 3.8) is 0 Å². The van der Waals surface area contributed by atoms with Gasteiger partial charge in [-0.3, -0.25) is 29.0 Å². The summed E-state index contributed by atoms with van der Waals surface area (Å²) in [4.78, 5) is 68.5. The second-order valence-corrected chi connectivity index (χ2v) is 21.2. The van der Waals surface area contributed by atoms with Crippen molar-refractivity contribution in [3.8, 4) is 28.8 Å². The molecule has 4 aliphatic rings. The molecule has 2 saturated carbocycles. The van der Waals surface area contributed by atoms with E-state index in [0.717, 1.165) is 18.7 Å². The van der Waals surface area contributed by atoms with Crippen molar-refractivity contribution in [3.05, 3.63) is 54.7 Å². The van der Waals surface area contributed by atoms with Crippen molar-refractivity contribution in [2.24, 2.45) is 17.8 Å². The number of hydrogen-bond donors (Lipinski definition) is 3. The van der Waals surface area contributed by atoms with Crippen LogP contribution >= 0.6 is 0 Å². The molecule has 1 aromatic carbocycles. The van der Waals surface area contributed by atoms with Gasteiger partial charge in [-0.25, -0.2) is 27.0 Å². The monoisotopic (exact) mass is 938 g/mol. The molecule has 4 heterocycles. The Kier molecular flexibility index (Phi) is 13.4. The minimum Gasteiger partial charge on any atom is -0.497 e. The fourth-order valence-corrected chi connectivity index (χ4v) is 10.5. The average Bonchev–Trinajstić information content (AvgIpc) is 4.17. The second kappa shape index (κ2) is 18.2. The van der Waals surface area contributed by atoms with Crippen molar-refractivity contribution in [2.75, 3.05) is 13.7 Å². The molecule has 3 N–H and O–H groups in total. The van der Waals surface area contributed by atoms with Gasteiger partial charge in [0.1, 0.15) is 40.8 Å². The third kappa shape index (κ3) is 9.91. The van der Waals surface area contributed by atoms with Crippen LogP contribution in [0.5, 0.6) is 17.4 Å². The van der Waals surface area contributed by atoms with Gasteiger partial charge in [-0.05, 0) is 120 Å². The van der Waals surface area contributed by atoms with Crippen LogP contribution in [0.4, 0.5) is 13.6 Å². The lowest BCUT2D eigenvalue weighted by molar-refractivity contribution is -0.156. The normalized spacial score (nSPS) is 26.4. The predicted octanol–water partition coefficient (Wildman–Crippen LogP) is 6.72. The van der Waals surface area contributed by atoms with Crippen LogP contribution in [0, 0.1) is 17.8 Å². The van der Waals surface area contributed by atoms with Gasteiger partial charge in [0.05, 0.1) is 42.6 Å². The number of pyridine rings is 2. The number of alkyl halides is 2. The number of carbonyl (C=O) groups excluding carboxylic acids is 3. The Morgan fingerprint density at radius 1 is 1.03 bits per heavy atom. The molecule has 1 saturated heterocycles. The number of carboxylic acid groups (broad SMARTS) is 1. The first-order valence-electron chi connectivity index (χ1n) is 22.5. The van der Waals surface area contributed by atoms with E-state index in [1.165, 1.54) is 7.11 Å². The van der Waals surface area contributed by atoms with Crippen molar-refractivity contribution in [2.45, 2.75) is 140 Å². The van der Waals surface area contributed by atoms with Crippen LogP contribution in [0.2, 0.25) is 0 Å². The molecule has 2 aromatic heterocycles. The Labute approximate surface area is 383 Å². The minimum atomic E-state index is -4.03. The Balaban J connectivity index is 1.31. The number of carbonyl (C=O) groups is 4. The van der Waals surface area contributed by atoms with Crippen LogP contribution in [0.25, 0.3) is 22.2 Å². The number of nitrogens with zero attached hydrogens (tertiary/aromatic N) is 4. The third-order valence-electron chi connectivity index (χ3n) is 13.4. The molecule has 358 valence electrons. The molecule has 0 radical (unpaired) electrons. The summed E-state index contributed by atoms with van der Waals surface area (Å²) in [6.07, 6.45) is 4.40. The summed E-state index contributed by atoms with van der Waals surface area (Å²) in [7, 11) is -2.50. The van der Waals surface area contributed by atoms with E-state index in [9.17, 15) is 27.9 Å². The lowest BCUT2D eigenvalue weighted by Gasteiger charge is -2.47. The molecule has 0 unspecified atom stereocenters. The minimum absolute atomic E-state index is 0.0778. The SMILES string of the molecule is COc1ccc2c(O[C@@H]3C[C@H]4C(=O)N[C@]5(C(=O)NS(=O)(=O)C6CC6)C[C@H]5C=CCC[C@@H](C)C[C@@H](C)[C@H](N(C(=O)O)C(C)(C)C(C)(F)F)C(=O)N4C3)nc(-c3ccc(OC(C)C)cn3)cc2c1. The average molecular weight is 939 g/mol. The zero-order valence-corrected chi connectivity index (χ0v) is 39.4. The van der Waals surface area contributed by atoms with E-state index < -0.39 is 86.1 Å². The van der Waals surface area contributed by atoms with E-state index in [2.05, 4.69) is 15.0 Å². The smallest absolute Gasteiger partial charge is 0.408 e. The molecule has 3 aromatic rings. The summed E-state index contributed by atoms with van der Waals surface area (Å²) in [6.45, 7) is 9.77. The molecular formula is C47H60F2N6O10S. The van der Waals surface area contributed by atoms with Crippen LogP contribution in [0.3, 0.4) is 0 Å². The van der Waals surface area contributed by atoms with E-state index in [0.29, 0.717) is 71.2 Å². The van der Waals surface area contributed by atoms with Crippen molar-refractivity contribution in [1.29, 1.82) is 0 Å². The molecule has 4 amide bonds. The lowest BCUT2D eigenvalue weighted by Crippen LogP contribution is -2.66. The van der Waals surface area contributed by atoms with Gasteiger partial charge in [0.25, 0.3) is 11.8 Å². The molecule has 19 heteroatoms.